The van der Waals surface area contributed by atoms with E-state index in [-0.39, 0.29) is 11.4 Å². The number of anilines is 1. The van der Waals surface area contributed by atoms with E-state index in [9.17, 15) is 13.5 Å². The molecule has 0 unspecified atom stereocenters. The summed E-state index contributed by atoms with van der Waals surface area (Å²) in [7, 11) is -3.58. The smallest absolute Gasteiger partial charge is 0.299 e. The Morgan fingerprint density at radius 3 is 2.67 bits per heavy atom. The number of hydrogen-bond acceptors (Lipinski definition) is 3. The average molecular weight is 230 g/mol. The fourth-order valence-electron chi connectivity index (χ4n) is 1.11. The summed E-state index contributed by atoms with van der Waals surface area (Å²) in [5.41, 5.74) is 0.794. The van der Waals surface area contributed by atoms with Gasteiger partial charge in [-0.2, -0.15) is 13.1 Å². The minimum Gasteiger partial charge on any atom is -0.505 e. The van der Waals surface area contributed by atoms with E-state index in [2.05, 4.69) is 9.44 Å². The van der Waals surface area contributed by atoms with Crippen molar-refractivity contribution in [3.05, 3.63) is 23.8 Å². The summed E-state index contributed by atoms with van der Waals surface area (Å²) in [5, 5.41) is 9.57. The Bertz CT molecular complexity index is 443. The molecule has 0 atom stereocenters. The van der Waals surface area contributed by atoms with Gasteiger partial charge in [0.2, 0.25) is 0 Å². The van der Waals surface area contributed by atoms with Crippen LogP contribution in [0.15, 0.2) is 18.2 Å². The van der Waals surface area contributed by atoms with Crippen LogP contribution >= 0.6 is 0 Å². The van der Waals surface area contributed by atoms with E-state index in [0.29, 0.717) is 12.1 Å². The molecule has 0 saturated carbocycles. The molecule has 3 N–H and O–H groups in total. The molecule has 0 aliphatic heterocycles. The quantitative estimate of drug-likeness (QED) is 0.674. The second kappa shape index (κ2) is 4.50. The normalized spacial score (nSPS) is 11.3. The van der Waals surface area contributed by atoms with Crippen LogP contribution in [0.25, 0.3) is 0 Å². The standard InChI is InChI=1S/C9H14N2O3S/c1-3-10-15(13,14)11-8-6-4-5-7(2)9(8)12/h4-6,10-12H,3H2,1-2H3. The largest absolute Gasteiger partial charge is 0.505 e. The molecular formula is C9H14N2O3S. The van der Waals surface area contributed by atoms with Crippen LogP contribution < -0.4 is 9.44 Å². The highest BCUT2D eigenvalue weighted by Gasteiger charge is 2.11. The number of rotatable bonds is 4. The van der Waals surface area contributed by atoms with Gasteiger partial charge in [0.25, 0.3) is 10.2 Å². The zero-order valence-electron chi connectivity index (χ0n) is 8.61. The molecule has 84 valence electrons. The van der Waals surface area contributed by atoms with E-state index in [0.717, 1.165) is 0 Å². The van der Waals surface area contributed by atoms with Gasteiger partial charge in [0.05, 0.1) is 5.69 Å². The fourth-order valence-corrected chi connectivity index (χ4v) is 2.02. The van der Waals surface area contributed by atoms with Crippen LogP contribution in [0.4, 0.5) is 5.69 Å². The van der Waals surface area contributed by atoms with Crippen LogP contribution in [-0.2, 0) is 10.2 Å². The highest BCUT2D eigenvalue weighted by Crippen LogP contribution is 2.26. The van der Waals surface area contributed by atoms with Gasteiger partial charge in [-0.15, -0.1) is 0 Å². The van der Waals surface area contributed by atoms with Crippen molar-refractivity contribution >= 4 is 15.9 Å². The number of hydrogen-bond donors (Lipinski definition) is 3. The molecule has 5 nitrogen and oxygen atoms in total. The fraction of sp³-hybridized carbons (Fsp3) is 0.333. The number of para-hydroxylation sites is 1. The topological polar surface area (TPSA) is 78.4 Å². The van der Waals surface area contributed by atoms with Gasteiger partial charge in [0, 0.05) is 6.54 Å². The van der Waals surface area contributed by atoms with Crippen molar-refractivity contribution in [2.24, 2.45) is 0 Å². The van der Waals surface area contributed by atoms with Crippen molar-refractivity contribution in [2.45, 2.75) is 13.8 Å². The lowest BCUT2D eigenvalue weighted by Crippen LogP contribution is -2.29. The molecule has 0 heterocycles. The molecule has 0 saturated heterocycles. The Kier molecular flexibility index (Phi) is 3.54. The molecule has 0 radical (unpaired) electrons. The Morgan fingerprint density at radius 1 is 1.40 bits per heavy atom. The van der Waals surface area contributed by atoms with E-state index < -0.39 is 10.2 Å². The van der Waals surface area contributed by atoms with Crippen LogP contribution in [0.1, 0.15) is 12.5 Å². The predicted molar refractivity (Wildman–Crippen MR) is 59.1 cm³/mol. The van der Waals surface area contributed by atoms with E-state index in [1.54, 1.807) is 26.0 Å². The van der Waals surface area contributed by atoms with Crippen molar-refractivity contribution in [1.29, 1.82) is 0 Å². The highest BCUT2D eigenvalue weighted by atomic mass is 32.2. The summed E-state index contributed by atoms with van der Waals surface area (Å²) >= 11 is 0. The van der Waals surface area contributed by atoms with Gasteiger partial charge < -0.3 is 5.11 Å². The van der Waals surface area contributed by atoms with Crippen LogP contribution in [0.3, 0.4) is 0 Å². The molecule has 1 aromatic rings. The minimum absolute atomic E-state index is 0.0565. The number of nitrogens with one attached hydrogen (secondary N) is 2. The monoisotopic (exact) mass is 230 g/mol. The molecule has 0 fully saturated rings. The maximum atomic E-state index is 11.3. The number of phenolic OH excluding ortho intramolecular Hbond substituents is 1. The first-order chi connectivity index (χ1) is 6.96. The van der Waals surface area contributed by atoms with Crippen molar-refractivity contribution in [1.82, 2.24) is 4.72 Å². The summed E-state index contributed by atoms with van der Waals surface area (Å²) in [6.07, 6.45) is 0. The SMILES string of the molecule is CCNS(=O)(=O)Nc1cccc(C)c1O. The van der Waals surface area contributed by atoms with E-state index >= 15 is 0 Å². The molecule has 1 aromatic carbocycles. The number of benzene rings is 1. The lowest BCUT2D eigenvalue weighted by atomic mass is 10.2. The Morgan fingerprint density at radius 2 is 2.07 bits per heavy atom. The molecule has 0 bridgehead atoms. The number of aromatic hydroxyl groups is 1. The van der Waals surface area contributed by atoms with Gasteiger partial charge in [-0.3, -0.25) is 4.72 Å². The molecule has 0 aromatic heterocycles. The Balaban J connectivity index is 2.95. The average Bonchev–Trinajstić information content (AvgIpc) is 2.12. The third-order valence-corrected chi connectivity index (χ3v) is 2.97. The minimum atomic E-state index is -3.58. The van der Waals surface area contributed by atoms with E-state index in [1.165, 1.54) is 6.07 Å². The second-order valence-corrected chi connectivity index (χ2v) is 4.57. The van der Waals surface area contributed by atoms with Crippen LogP contribution in [-0.4, -0.2) is 20.1 Å². The molecule has 6 heteroatoms. The first-order valence-electron chi connectivity index (χ1n) is 4.52. The Labute approximate surface area is 89.3 Å². The van der Waals surface area contributed by atoms with Crippen molar-refractivity contribution < 1.29 is 13.5 Å². The first-order valence-corrected chi connectivity index (χ1v) is 6.00. The van der Waals surface area contributed by atoms with Crippen molar-refractivity contribution in [3.63, 3.8) is 0 Å². The molecule has 15 heavy (non-hydrogen) atoms. The zero-order chi connectivity index (χ0) is 11.5. The third-order valence-electron chi connectivity index (χ3n) is 1.82. The van der Waals surface area contributed by atoms with Gasteiger partial charge >= 0.3 is 0 Å². The lowest BCUT2D eigenvalue weighted by molar-refractivity contribution is 0.473. The summed E-state index contributed by atoms with van der Waals surface area (Å²) < 4.78 is 27.2. The number of aryl methyl sites for hydroxylation is 1. The summed E-state index contributed by atoms with van der Waals surface area (Å²) in [6, 6.07) is 4.86. The van der Waals surface area contributed by atoms with Crippen LogP contribution in [0.5, 0.6) is 5.75 Å². The number of phenols is 1. The van der Waals surface area contributed by atoms with Gasteiger partial charge in [-0.05, 0) is 18.6 Å². The van der Waals surface area contributed by atoms with Gasteiger partial charge in [0.15, 0.2) is 0 Å². The summed E-state index contributed by atoms with van der Waals surface area (Å²) in [5.74, 6) is -0.0565. The predicted octanol–water partition coefficient (Wildman–Crippen LogP) is 0.967. The van der Waals surface area contributed by atoms with Gasteiger partial charge in [-0.25, -0.2) is 0 Å². The zero-order valence-corrected chi connectivity index (χ0v) is 9.43. The molecule has 0 aliphatic rings. The molecular weight excluding hydrogens is 216 g/mol. The molecule has 1 rings (SSSR count). The molecule has 0 aliphatic carbocycles. The van der Waals surface area contributed by atoms with Crippen LogP contribution in [0, 0.1) is 6.92 Å². The van der Waals surface area contributed by atoms with Crippen molar-refractivity contribution in [2.75, 3.05) is 11.3 Å². The maximum Gasteiger partial charge on any atom is 0.299 e. The third kappa shape index (κ3) is 3.10. The lowest BCUT2D eigenvalue weighted by Gasteiger charge is -2.10. The van der Waals surface area contributed by atoms with Gasteiger partial charge in [-0.1, -0.05) is 19.1 Å². The highest BCUT2D eigenvalue weighted by molar-refractivity contribution is 7.90. The summed E-state index contributed by atoms with van der Waals surface area (Å²) in [6.45, 7) is 3.66. The molecule has 0 spiro atoms. The van der Waals surface area contributed by atoms with E-state index in [4.69, 9.17) is 0 Å². The van der Waals surface area contributed by atoms with Gasteiger partial charge in [0.1, 0.15) is 5.75 Å². The van der Waals surface area contributed by atoms with E-state index in [1.807, 2.05) is 0 Å². The first kappa shape index (κ1) is 11.8. The molecule has 0 amide bonds. The van der Waals surface area contributed by atoms with Crippen molar-refractivity contribution in [3.8, 4) is 5.75 Å². The van der Waals surface area contributed by atoms with Crippen LogP contribution in [0.2, 0.25) is 0 Å². The Hall–Kier alpha value is -1.27. The maximum absolute atomic E-state index is 11.3. The summed E-state index contributed by atoms with van der Waals surface area (Å²) in [4.78, 5) is 0. The second-order valence-electron chi connectivity index (χ2n) is 3.07.